The van der Waals surface area contributed by atoms with Crippen LogP contribution in [0.25, 0.3) is 0 Å². The van der Waals surface area contributed by atoms with Crippen LogP contribution >= 0.6 is 11.5 Å². The molecule has 1 aromatic rings. The zero-order chi connectivity index (χ0) is 11.5. The third kappa shape index (κ3) is 2.69. The molecule has 1 aromatic heterocycles. The second-order valence-corrected chi connectivity index (χ2v) is 4.75. The van der Waals surface area contributed by atoms with Crippen LogP contribution in [0, 0.1) is 0 Å². The van der Waals surface area contributed by atoms with E-state index >= 15 is 0 Å². The molecule has 1 amide bonds. The van der Waals surface area contributed by atoms with Crippen molar-refractivity contribution < 1.29 is 4.79 Å². The number of carbonyl (C=O) groups excluding carboxylic acids is 1. The number of hydrogen-bond acceptors (Lipinski definition) is 5. The molecule has 0 aromatic carbocycles. The highest BCUT2D eigenvalue weighted by Gasteiger charge is 2.27. The summed E-state index contributed by atoms with van der Waals surface area (Å²) in [6.07, 6.45) is 2.40. The molecule has 0 saturated heterocycles. The molecule has 0 bridgehead atoms. The molecular weight excluding hydrogens is 224 g/mol. The molecule has 1 aliphatic carbocycles. The van der Waals surface area contributed by atoms with Crippen LogP contribution in [0.3, 0.4) is 0 Å². The maximum Gasteiger partial charge on any atom is 0.241 e. The predicted octanol–water partition coefficient (Wildman–Crippen LogP) is 1.31. The van der Waals surface area contributed by atoms with E-state index in [-0.39, 0.29) is 5.91 Å². The fraction of sp³-hybridized carbons (Fsp3) is 0.700. The van der Waals surface area contributed by atoms with E-state index in [1.165, 1.54) is 24.4 Å². The van der Waals surface area contributed by atoms with Gasteiger partial charge in [0.25, 0.3) is 0 Å². The Morgan fingerprint density at radius 2 is 2.38 bits per heavy atom. The molecule has 0 radical (unpaired) electrons. The fourth-order valence-corrected chi connectivity index (χ4v) is 1.92. The van der Waals surface area contributed by atoms with E-state index in [2.05, 4.69) is 14.7 Å². The summed E-state index contributed by atoms with van der Waals surface area (Å²) in [6, 6.07) is 0. The zero-order valence-electron chi connectivity index (χ0n) is 9.56. The molecule has 0 spiro atoms. The predicted molar refractivity (Wildman–Crippen MR) is 63.7 cm³/mol. The Morgan fingerprint density at radius 1 is 1.62 bits per heavy atom. The Balaban J connectivity index is 1.82. The first-order valence-electron chi connectivity index (χ1n) is 5.52. The van der Waals surface area contributed by atoms with E-state index in [0.717, 1.165) is 17.5 Å². The second kappa shape index (κ2) is 4.78. The van der Waals surface area contributed by atoms with Crippen molar-refractivity contribution in [2.45, 2.75) is 25.7 Å². The van der Waals surface area contributed by atoms with Gasteiger partial charge in [-0.2, -0.15) is 4.37 Å². The molecule has 1 fully saturated rings. The average molecular weight is 240 g/mol. The first kappa shape index (κ1) is 11.3. The summed E-state index contributed by atoms with van der Waals surface area (Å²) in [7, 11) is 1.79. The zero-order valence-corrected chi connectivity index (χ0v) is 10.4. The molecule has 1 saturated carbocycles. The largest absolute Gasteiger partial charge is 0.351 e. The lowest BCUT2D eigenvalue weighted by Gasteiger charge is -2.13. The maximum atomic E-state index is 11.5. The third-order valence-electron chi connectivity index (χ3n) is 2.68. The molecule has 1 N–H and O–H groups in total. The van der Waals surface area contributed by atoms with Crippen molar-refractivity contribution in [3.63, 3.8) is 0 Å². The van der Waals surface area contributed by atoms with Gasteiger partial charge in [-0.05, 0) is 19.8 Å². The van der Waals surface area contributed by atoms with Crippen molar-refractivity contribution in [2.75, 3.05) is 25.5 Å². The lowest BCUT2D eigenvalue weighted by Crippen LogP contribution is -2.31. The Morgan fingerprint density at radius 3 is 3.00 bits per heavy atom. The van der Waals surface area contributed by atoms with Crippen molar-refractivity contribution >= 4 is 22.6 Å². The number of amides is 1. The molecule has 2 rings (SSSR count). The van der Waals surface area contributed by atoms with Crippen LogP contribution < -0.4 is 5.32 Å². The molecule has 88 valence electrons. The van der Waals surface area contributed by atoms with Crippen molar-refractivity contribution in [3.8, 4) is 0 Å². The highest BCUT2D eigenvalue weighted by Crippen LogP contribution is 2.39. The van der Waals surface area contributed by atoms with E-state index in [9.17, 15) is 4.79 Å². The van der Waals surface area contributed by atoms with Crippen molar-refractivity contribution in [1.82, 2.24) is 14.3 Å². The SMILES string of the molecule is CCN(C)C(=O)CNc1nc(C2CC2)ns1. The molecule has 0 aliphatic heterocycles. The normalized spacial score (nSPS) is 14.9. The Labute approximate surface area is 99.0 Å². The van der Waals surface area contributed by atoms with Gasteiger partial charge in [-0.25, -0.2) is 4.98 Å². The quantitative estimate of drug-likeness (QED) is 0.843. The number of carbonyl (C=O) groups is 1. The second-order valence-electron chi connectivity index (χ2n) is 3.99. The van der Waals surface area contributed by atoms with Crippen molar-refractivity contribution in [3.05, 3.63) is 5.82 Å². The number of rotatable bonds is 5. The fourth-order valence-electron chi connectivity index (χ4n) is 1.28. The van der Waals surface area contributed by atoms with Gasteiger partial charge in [-0.15, -0.1) is 0 Å². The Hall–Kier alpha value is -1.17. The van der Waals surface area contributed by atoms with Gasteiger partial charge in [-0.1, -0.05) is 0 Å². The minimum absolute atomic E-state index is 0.0747. The summed E-state index contributed by atoms with van der Waals surface area (Å²) >= 11 is 1.34. The monoisotopic (exact) mass is 240 g/mol. The summed E-state index contributed by atoms with van der Waals surface area (Å²) in [5.41, 5.74) is 0. The number of nitrogens with one attached hydrogen (secondary N) is 1. The van der Waals surface area contributed by atoms with Gasteiger partial charge in [-0.3, -0.25) is 4.79 Å². The molecule has 6 heteroatoms. The van der Waals surface area contributed by atoms with E-state index < -0.39 is 0 Å². The number of hydrogen-bond donors (Lipinski definition) is 1. The molecule has 1 aliphatic rings. The Bertz CT molecular complexity index is 375. The van der Waals surface area contributed by atoms with Crippen LogP contribution in [0.2, 0.25) is 0 Å². The molecular formula is C10H16N4OS. The highest BCUT2D eigenvalue weighted by molar-refractivity contribution is 7.09. The van der Waals surface area contributed by atoms with E-state index in [1.807, 2.05) is 6.92 Å². The molecule has 1 heterocycles. The summed E-state index contributed by atoms with van der Waals surface area (Å²) < 4.78 is 4.26. The number of likely N-dealkylation sites (N-methyl/N-ethyl adjacent to an activating group) is 1. The lowest BCUT2D eigenvalue weighted by molar-refractivity contribution is -0.127. The van der Waals surface area contributed by atoms with Gasteiger partial charge in [0.15, 0.2) is 0 Å². The number of anilines is 1. The Kier molecular flexibility index (Phi) is 3.38. The standard InChI is InChI=1S/C10H16N4OS/c1-3-14(2)8(15)6-11-10-12-9(13-16-10)7-4-5-7/h7H,3-6H2,1-2H3,(H,11,12,13). The smallest absolute Gasteiger partial charge is 0.241 e. The van der Waals surface area contributed by atoms with Crippen LogP contribution in [-0.2, 0) is 4.79 Å². The first-order chi connectivity index (χ1) is 7.70. The number of aromatic nitrogens is 2. The van der Waals surface area contributed by atoms with Crippen LogP contribution in [0.4, 0.5) is 5.13 Å². The van der Waals surface area contributed by atoms with E-state index in [4.69, 9.17) is 0 Å². The van der Waals surface area contributed by atoms with Crippen LogP contribution in [-0.4, -0.2) is 40.3 Å². The topological polar surface area (TPSA) is 58.1 Å². The highest BCUT2D eigenvalue weighted by atomic mass is 32.1. The molecule has 0 unspecified atom stereocenters. The van der Waals surface area contributed by atoms with E-state index in [0.29, 0.717) is 12.5 Å². The average Bonchev–Trinajstić information content (AvgIpc) is 3.05. The van der Waals surface area contributed by atoms with Gasteiger partial charge < -0.3 is 10.2 Å². The lowest BCUT2D eigenvalue weighted by atomic mass is 10.4. The van der Waals surface area contributed by atoms with Crippen LogP contribution in [0.15, 0.2) is 0 Å². The summed E-state index contributed by atoms with van der Waals surface area (Å²) in [6.45, 7) is 2.97. The van der Waals surface area contributed by atoms with Crippen molar-refractivity contribution in [1.29, 1.82) is 0 Å². The van der Waals surface area contributed by atoms with Gasteiger partial charge >= 0.3 is 0 Å². The summed E-state index contributed by atoms with van der Waals surface area (Å²) in [4.78, 5) is 17.6. The van der Waals surface area contributed by atoms with Crippen LogP contribution in [0.1, 0.15) is 31.5 Å². The van der Waals surface area contributed by atoms with Crippen molar-refractivity contribution in [2.24, 2.45) is 0 Å². The summed E-state index contributed by atoms with van der Waals surface area (Å²) in [5, 5.41) is 3.77. The first-order valence-corrected chi connectivity index (χ1v) is 6.29. The third-order valence-corrected chi connectivity index (χ3v) is 3.36. The molecule has 16 heavy (non-hydrogen) atoms. The number of nitrogens with zero attached hydrogens (tertiary/aromatic N) is 3. The summed E-state index contributed by atoms with van der Waals surface area (Å²) in [5.74, 6) is 1.58. The maximum absolute atomic E-state index is 11.5. The van der Waals surface area contributed by atoms with Crippen LogP contribution in [0.5, 0.6) is 0 Å². The molecule has 5 nitrogen and oxygen atoms in total. The van der Waals surface area contributed by atoms with Gasteiger partial charge in [0.2, 0.25) is 11.0 Å². The van der Waals surface area contributed by atoms with Gasteiger partial charge in [0, 0.05) is 31.0 Å². The minimum atomic E-state index is 0.0747. The van der Waals surface area contributed by atoms with Gasteiger partial charge in [0.1, 0.15) is 5.82 Å². The van der Waals surface area contributed by atoms with Gasteiger partial charge in [0.05, 0.1) is 6.54 Å². The van der Waals surface area contributed by atoms with E-state index in [1.54, 1.807) is 11.9 Å². The minimum Gasteiger partial charge on any atom is -0.351 e. The molecule has 0 atom stereocenters.